The third-order valence-electron chi connectivity index (χ3n) is 3.32. The van der Waals surface area contributed by atoms with E-state index in [4.69, 9.17) is 0 Å². The average Bonchev–Trinajstić information content (AvgIpc) is 2.23. The summed E-state index contributed by atoms with van der Waals surface area (Å²) >= 11 is 0. The zero-order valence-electron chi connectivity index (χ0n) is 10.6. The van der Waals surface area contributed by atoms with Crippen molar-refractivity contribution in [2.75, 3.05) is 0 Å². The van der Waals surface area contributed by atoms with E-state index in [-0.39, 0.29) is 5.43 Å². The smallest absolute Gasteiger partial charge is 0.182 e. The number of pyridine rings is 1. The fourth-order valence-electron chi connectivity index (χ4n) is 1.90. The second-order valence-electron chi connectivity index (χ2n) is 4.49. The highest BCUT2D eigenvalue weighted by atomic mass is 16.3. The van der Waals surface area contributed by atoms with Crippen LogP contribution in [0.15, 0.2) is 16.9 Å². The summed E-state index contributed by atoms with van der Waals surface area (Å²) in [6.07, 6.45) is 1.43. The van der Waals surface area contributed by atoms with Crippen LogP contribution in [0.1, 0.15) is 38.1 Å². The molecule has 1 N–H and O–H groups in total. The summed E-state index contributed by atoms with van der Waals surface area (Å²) in [5.74, 6) is 0. The molecule has 0 radical (unpaired) electrons. The van der Waals surface area contributed by atoms with Gasteiger partial charge >= 0.3 is 0 Å². The third kappa shape index (κ3) is 2.73. The molecule has 0 saturated heterocycles. The molecule has 0 amide bonds. The Morgan fingerprint density at radius 3 is 2.00 bits per heavy atom. The van der Waals surface area contributed by atoms with E-state index < -0.39 is 5.60 Å². The molecule has 1 rings (SSSR count). The maximum atomic E-state index is 11.3. The van der Waals surface area contributed by atoms with Gasteiger partial charge in [0.25, 0.3) is 0 Å². The van der Waals surface area contributed by atoms with Crippen molar-refractivity contribution in [2.24, 2.45) is 0 Å². The largest absolute Gasteiger partial charge is 0.388 e. The van der Waals surface area contributed by atoms with Gasteiger partial charge in [-0.15, -0.1) is 0 Å². The lowest BCUT2D eigenvalue weighted by molar-refractivity contribution is 0.0139. The highest BCUT2D eigenvalue weighted by Crippen LogP contribution is 2.19. The van der Waals surface area contributed by atoms with E-state index >= 15 is 0 Å². The van der Waals surface area contributed by atoms with Gasteiger partial charge < -0.3 is 9.67 Å². The number of aryl methyl sites for hydroxylation is 2. The van der Waals surface area contributed by atoms with Gasteiger partial charge in [0.2, 0.25) is 0 Å². The van der Waals surface area contributed by atoms with Crippen molar-refractivity contribution in [2.45, 2.75) is 52.7 Å². The Balaban J connectivity index is 3.11. The van der Waals surface area contributed by atoms with Crippen LogP contribution in [0.4, 0.5) is 0 Å². The second kappa shape index (κ2) is 4.83. The number of nitrogens with zero attached hydrogens (tertiary/aromatic N) is 1. The molecule has 3 nitrogen and oxygen atoms in total. The van der Waals surface area contributed by atoms with Crippen molar-refractivity contribution < 1.29 is 5.11 Å². The van der Waals surface area contributed by atoms with E-state index in [0.717, 1.165) is 11.4 Å². The SMILES string of the molecule is CCC(O)(CC)Cn1c(C)cc(=O)cc1C. The maximum Gasteiger partial charge on any atom is 0.182 e. The molecule has 0 bridgehead atoms. The van der Waals surface area contributed by atoms with Crippen molar-refractivity contribution in [3.05, 3.63) is 33.7 Å². The number of hydrogen-bond donors (Lipinski definition) is 1. The molecule has 0 aromatic carbocycles. The van der Waals surface area contributed by atoms with E-state index in [2.05, 4.69) is 0 Å². The minimum atomic E-state index is -0.676. The highest BCUT2D eigenvalue weighted by molar-refractivity contribution is 5.12. The van der Waals surface area contributed by atoms with Crippen LogP contribution in [0.3, 0.4) is 0 Å². The number of rotatable bonds is 4. The summed E-state index contributed by atoms with van der Waals surface area (Å²) in [6, 6.07) is 3.22. The van der Waals surface area contributed by atoms with Crippen LogP contribution in [0.2, 0.25) is 0 Å². The Kier molecular flexibility index (Phi) is 3.92. The van der Waals surface area contributed by atoms with E-state index in [1.165, 1.54) is 0 Å². The molecule has 0 aliphatic rings. The van der Waals surface area contributed by atoms with Gasteiger partial charge in [0.15, 0.2) is 5.43 Å². The van der Waals surface area contributed by atoms with Crippen LogP contribution >= 0.6 is 0 Å². The van der Waals surface area contributed by atoms with Gasteiger partial charge in [-0.1, -0.05) is 13.8 Å². The zero-order valence-corrected chi connectivity index (χ0v) is 10.6. The molecule has 16 heavy (non-hydrogen) atoms. The Morgan fingerprint density at radius 2 is 1.62 bits per heavy atom. The lowest BCUT2D eigenvalue weighted by Gasteiger charge is -2.28. The summed E-state index contributed by atoms with van der Waals surface area (Å²) in [7, 11) is 0. The molecule has 0 saturated carbocycles. The lowest BCUT2D eigenvalue weighted by Crippen LogP contribution is -2.34. The molecule has 3 heteroatoms. The molecule has 0 unspecified atom stereocenters. The van der Waals surface area contributed by atoms with Crippen LogP contribution in [0.25, 0.3) is 0 Å². The van der Waals surface area contributed by atoms with Crippen LogP contribution < -0.4 is 5.43 Å². The monoisotopic (exact) mass is 223 g/mol. The summed E-state index contributed by atoms with van der Waals surface area (Å²) in [5.41, 5.74) is 1.17. The van der Waals surface area contributed by atoms with Gasteiger partial charge in [0, 0.05) is 23.5 Å². The van der Waals surface area contributed by atoms with Gasteiger partial charge in [-0.25, -0.2) is 0 Å². The lowest BCUT2D eigenvalue weighted by atomic mass is 9.97. The normalized spacial score (nSPS) is 11.8. The van der Waals surface area contributed by atoms with Gasteiger partial charge in [-0.3, -0.25) is 4.79 Å². The van der Waals surface area contributed by atoms with Gasteiger partial charge in [0.05, 0.1) is 12.1 Å². The summed E-state index contributed by atoms with van der Waals surface area (Å²) in [6.45, 7) is 8.33. The van der Waals surface area contributed by atoms with Crippen LogP contribution in [-0.2, 0) is 6.54 Å². The first-order chi connectivity index (χ1) is 7.41. The Morgan fingerprint density at radius 1 is 1.19 bits per heavy atom. The van der Waals surface area contributed by atoms with Crippen molar-refractivity contribution in [3.63, 3.8) is 0 Å². The van der Waals surface area contributed by atoms with Crippen molar-refractivity contribution in [1.82, 2.24) is 4.57 Å². The standard InChI is InChI=1S/C13H21NO2/c1-5-13(16,6-2)9-14-10(3)7-12(15)8-11(14)4/h7-8,16H,5-6,9H2,1-4H3. The Labute approximate surface area is 96.7 Å². The molecule has 0 fully saturated rings. The minimum Gasteiger partial charge on any atom is -0.388 e. The van der Waals surface area contributed by atoms with Crippen molar-refractivity contribution in [3.8, 4) is 0 Å². The minimum absolute atomic E-state index is 0.0304. The fourth-order valence-corrected chi connectivity index (χ4v) is 1.90. The number of aromatic nitrogens is 1. The maximum absolute atomic E-state index is 11.3. The number of hydrogen-bond acceptors (Lipinski definition) is 2. The molecule has 90 valence electrons. The van der Waals surface area contributed by atoms with E-state index in [9.17, 15) is 9.90 Å². The third-order valence-corrected chi connectivity index (χ3v) is 3.32. The topological polar surface area (TPSA) is 42.2 Å². The molecule has 1 aromatic rings. The summed E-state index contributed by atoms with van der Waals surface area (Å²) in [4.78, 5) is 11.3. The predicted molar refractivity (Wildman–Crippen MR) is 65.7 cm³/mol. The molecule has 0 aliphatic carbocycles. The van der Waals surface area contributed by atoms with E-state index in [0.29, 0.717) is 19.4 Å². The second-order valence-corrected chi connectivity index (χ2v) is 4.49. The average molecular weight is 223 g/mol. The predicted octanol–water partition coefficient (Wildman–Crippen LogP) is 2.02. The molecule has 0 aliphatic heterocycles. The summed E-state index contributed by atoms with van der Waals surface area (Å²) in [5, 5.41) is 10.3. The van der Waals surface area contributed by atoms with Crippen molar-refractivity contribution >= 4 is 0 Å². The van der Waals surface area contributed by atoms with Crippen LogP contribution in [0, 0.1) is 13.8 Å². The molecule has 0 atom stereocenters. The van der Waals surface area contributed by atoms with E-state index in [1.807, 2.05) is 32.3 Å². The molecular weight excluding hydrogens is 202 g/mol. The molecule has 1 heterocycles. The first-order valence-corrected chi connectivity index (χ1v) is 5.82. The first kappa shape index (κ1) is 13.0. The highest BCUT2D eigenvalue weighted by Gasteiger charge is 2.23. The summed E-state index contributed by atoms with van der Waals surface area (Å²) < 4.78 is 2.01. The Hall–Kier alpha value is -1.09. The number of aliphatic hydroxyl groups is 1. The van der Waals surface area contributed by atoms with Crippen LogP contribution in [0.5, 0.6) is 0 Å². The van der Waals surface area contributed by atoms with E-state index in [1.54, 1.807) is 12.1 Å². The quantitative estimate of drug-likeness (QED) is 0.848. The van der Waals surface area contributed by atoms with Gasteiger partial charge in [0.1, 0.15) is 0 Å². The zero-order chi connectivity index (χ0) is 12.3. The fraction of sp³-hybridized carbons (Fsp3) is 0.615. The van der Waals surface area contributed by atoms with Crippen molar-refractivity contribution in [1.29, 1.82) is 0 Å². The van der Waals surface area contributed by atoms with Gasteiger partial charge in [-0.2, -0.15) is 0 Å². The van der Waals surface area contributed by atoms with Gasteiger partial charge in [-0.05, 0) is 26.7 Å². The molecular formula is C13H21NO2. The Bertz CT molecular complexity index is 390. The molecule has 1 aromatic heterocycles. The van der Waals surface area contributed by atoms with Crippen LogP contribution in [-0.4, -0.2) is 15.3 Å². The first-order valence-electron chi connectivity index (χ1n) is 5.82. The molecule has 0 spiro atoms.